The summed E-state index contributed by atoms with van der Waals surface area (Å²) < 4.78 is 14.0. The van der Waals surface area contributed by atoms with Crippen LogP contribution in [0.15, 0.2) is 67.1 Å². The lowest BCUT2D eigenvalue weighted by Crippen LogP contribution is -2.24. The van der Waals surface area contributed by atoms with Crippen molar-refractivity contribution in [2.45, 2.75) is 32.1 Å². The molecule has 41 heavy (non-hydrogen) atoms. The largest absolute Gasteiger partial charge is 0.508 e. The minimum atomic E-state index is -0.543. The monoisotopic (exact) mass is 547 g/mol. The molecule has 0 saturated heterocycles. The Balaban J connectivity index is 1.23. The number of fused-ring (bicyclic) bond motifs is 2. The second-order valence-corrected chi connectivity index (χ2v) is 10.5. The van der Waals surface area contributed by atoms with Crippen molar-refractivity contribution < 1.29 is 14.3 Å². The number of hydrogen-bond acceptors (Lipinski definition) is 6. The number of nitrogens with zero attached hydrogens (tertiary/aromatic N) is 4. The molecule has 10 heteroatoms. The van der Waals surface area contributed by atoms with Gasteiger partial charge in [-0.2, -0.15) is 5.10 Å². The van der Waals surface area contributed by atoms with Crippen LogP contribution in [0.3, 0.4) is 0 Å². The number of hydrogen-bond donors (Lipinski definition) is 4. The average molecular weight is 548 g/mol. The van der Waals surface area contributed by atoms with E-state index in [9.17, 15) is 14.3 Å². The molecule has 0 aliphatic heterocycles. The van der Waals surface area contributed by atoms with Crippen molar-refractivity contribution in [1.29, 1.82) is 0 Å². The highest BCUT2D eigenvalue weighted by atomic mass is 19.1. The van der Waals surface area contributed by atoms with Crippen LogP contribution in [0.2, 0.25) is 0 Å². The zero-order chi connectivity index (χ0) is 27.9. The van der Waals surface area contributed by atoms with Crippen LogP contribution in [-0.2, 0) is 4.79 Å². The molecule has 4 heterocycles. The number of amides is 1. The van der Waals surface area contributed by atoms with Crippen LogP contribution in [0.25, 0.3) is 55.8 Å². The van der Waals surface area contributed by atoms with E-state index in [1.54, 1.807) is 24.7 Å². The third kappa shape index (κ3) is 4.77. The summed E-state index contributed by atoms with van der Waals surface area (Å²) in [5.41, 5.74) is 6.03. The first-order chi connectivity index (χ1) is 20.0. The number of aromatic nitrogens is 6. The van der Waals surface area contributed by atoms with Gasteiger partial charge in [0.25, 0.3) is 0 Å². The molecule has 1 fully saturated rings. The van der Waals surface area contributed by atoms with Crippen LogP contribution in [0, 0.1) is 11.7 Å². The first-order valence-electron chi connectivity index (χ1n) is 13.6. The predicted octanol–water partition coefficient (Wildman–Crippen LogP) is 6.59. The normalized spacial score (nSPS) is 14.1. The lowest BCUT2D eigenvalue weighted by atomic mass is 9.88. The number of halogens is 1. The first kappa shape index (κ1) is 24.9. The van der Waals surface area contributed by atoms with Gasteiger partial charge in [-0.1, -0.05) is 25.3 Å². The van der Waals surface area contributed by atoms with E-state index in [1.165, 1.54) is 18.6 Å². The molecule has 6 aromatic rings. The quantitative estimate of drug-likeness (QED) is 0.192. The van der Waals surface area contributed by atoms with Crippen molar-refractivity contribution >= 4 is 33.7 Å². The number of rotatable bonds is 5. The fourth-order valence-corrected chi connectivity index (χ4v) is 5.63. The maximum Gasteiger partial charge on any atom is 0.227 e. The number of anilines is 1. The number of aromatic amines is 2. The lowest BCUT2D eigenvalue weighted by Gasteiger charge is -2.20. The van der Waals surface area contributed by atoms with Crippen molar-refractivity contribution in [2.75, 3.05) is 5.32 Å². The van der Waals surface area contributed by atoms with Gasteiger partial charge in [0.1, 0.15) is 22.8 Å². The Morgan fingerprint density at radius 1 is 0.976 bits per heavy atom. The predicted molar refractivity (Wildman–Crippen MR) is 154 cm³/mol. The summed E-state index contributed by atoms with van der Waals surface area (Å²) in [6.07, 6.45) is 10.3. The summed E-state index contributed by atoms with van der Waals surface area (Å²) in [5, 5.41) is 21.4. The van der Waals surface area contributed by atoms with Crippen molar-refractivity contribution in [2.24, 2.45) is 5.92 Å². The number of aromatic hydroxyl groups is 1. The summed E-state index contributed by atoms with van der Waals surface area (Å²) in [4.78, 5) is 29.6. The highest BCUT2D eigenvalue weighted by Crippen LogP contribution is 2.34. The number of carbonyl (C=O) groups excluding carboxylic acids is 1. The van der Waals surface area contributed by atoms with Gasteiger partial charge in [-0.15, -0.1) is 0 Å². The average Bonchev–Trinajstić information content (AvgIpc) is 3.61. The summed E-state index contributed by atoms with van der Waals surface area (Å²) in [5.74, 6) is -0.0990. The highest BCUT2D eigenvalue weighted by Gasteiger charge is 2.21. The van der Waals surface area contributed by atoms with Gasteiger partial charge in [-0.25, -0.2) is 14.4 Å². The molecule has 0 atom stereocenters. The lowest BCUT2D eigenvalue weighted by molar-refractivity contribution is -0.120. The topological polar surface area (TPSA) is 132 Å². The number of carbonyl (C=O) groups is 1. The molecule has 0 radical (unpaired) electrons. The molecule has 7 rings (SSSR count). The van der Waals surface area contributed by atoms with Crippen LogP contribution in [-0.4, -0.2) is 41.1 Å². The molecule has 0 spiro atoms. The Morgan fingerprint density at radius 2 is 1.85 bits per heavy atom. The maximum absolute atomic E-state index is 14.0. The second-order valence-electron chi connectivity index (χ2n) is 10.5. The SMILES string of the molecule is O=C(Nc1cncc(-c2ccc3[nH]nc(-c4nc5c(-c6cc(O)cc(F)c6)ccnc5[nH]4)c3c2)c1)C1CCCCC1. The van der Waals surface area contributed by atoms with Gasteiger partial charge in [-0.05, 0) is 60.4 Å². The molecule has 4 aromatic heterocycles. The molecule has 204 valence electrons. The minimum absolute atomic E-state index is 0.0579. The Hall–Kier alpha value is -5.12. The molecule has 4 N–H and O–H groups in total. The molecular formula is C31H26FN7O2. The number of nitrogens with one attached hydrogen (secondary N) is 3. The number of pyridine rings is 2. The number of phenols is 1. The van der Waals surface area contributed by atoms with Crippen LogP contribution in [0.4, 0.5) is 10.1 Å². The van der Waals surface area contributed by atoms with Crippen molar-refractivity contribution in [3.63, 3.8) is 0 Å². The minimum Gasteiger partial charge on any atom is -0.508 e. The van der Waals surface area contributed by atoms with E-state index in [-0.39, 0.29) is 17.6 Å². The third-order valence-electron chi connectivity index (χ3n) is 7.68. The third-order valence-corrected chi connectivity index (χ3v) is 7.68. The molecule has 1 aliphatic rings. The molecule has 1 amide bonds. The summed E-state index contributed by atoms with van der Waals surface area (Å²) in [7, 11) is 0. The number of imidazole rings is 1. The van der Waals surface area contributed by atoms with E-state index in [2.05, 4.69) is 30.5 Å². The molecule has 0 unspecified atom stereocenters. The zero-order valence-corrected chi connectivity index (χ0v) is 22.0. The van der Waals surface area contributed by atoms with Gasteiger partial charge >= 0.3 is 0 Å². The van der Waals surface area contributed by atoms with Crippen LogP contribution in [0.1, 0.15) is 32.1 Å². The Labute approximate surface area is 233 Å². The maximum atomic E-state index is 14.0. The van der Waals surface area contributed by atoms with E-state index in [4.69, 9.17) is 4.98 Å². The first-order valence-corrected chi connectivity index (χ1v) is 13.6. The van der Waals surface area contributed by atoms with Crippen molar-refractivity contribution in [3.05, 3.63) is 72.9 Å². The van der Waals surface area contributed by atoms with E-state index in [0.717, 1.165) is 53.8 Å². The molecule has 0 bridgehead atoms. The fourth-order valence-electron chi connectivity index (χ4n) is 5.63. The van der Waals surface area contributed by atoms with Crippen molar-refractivity contribution in [3.8, 4) is 39.5 Å². The zero-order valence-electron chi connectivity index (χ0n) is 22.0. The molecular weight excluding hydrogens is 521 g/mol. The molecule has 1 aliphatic carbocycles. The number of phenolic OH excluding ortho intramolecular Hbond substituents is 1. The number of H-pyrrole nitrogens is 2. The second kappa shape index (κ2) is 10.1. The van der Waals surface area contributed by atoms with E-state index in [1.807, 2.05) is 24.3 Å². The van der Waals surface area contributed by atoms with Gasteiger partial charge in [-0.3, -0.25) is 14.9 Å². The van der Waals surface area contributed by atoms with E-state index < -0.39 is 5.82 Å². The van der Waals surface area contributed by atoms with Crippen LogP contribution < -0.4 is 5.32 Å². The Bertz CT molecular complexity index is 1900. The summed E-state index contributed by atoms with van der Waals surface area (Å²) >= 11 is 0. The van der Waals surface area contributed by atoms with Gasteiger partial charge < -0.3 is 15.4 Å². The standard InChI is InChI=1S/C31H26FN7O2/c32-21-10-19(12-23(40)14-21)24-8-9-34-29-27(24)36-30(37-29)28-25-13-18(6-7-26(25)38-39-28)20-11-22(16-33-15-20)35-31(41)17-4-2-1-3-5-17/h6-17,40H,1-5H2,(H,35,41)(H,38,39)(H,34,36,37). The van der Waals surface area contributed by atoms with Gasteiger partial charge in [0.15, 0.2) is 11.5 Å². The molecule has 9 nitrogen and oxygen atoms in total. The fraction of sp³-hybridized carbons (Fsp3) is 0.194. The van der Waals surface area contributed by atoms with Crippen LogP contribution >= 0.6 is 0 Å². The van der Waals surface area contributed by atoms with Crippen LogP contribution in [0.5, 0.6) is 5.75 Å². The van der Waals surface area contributed by atoms with Gasteiger partial charge in [0.2, 0.25) is 5.91 Å². The highest BCUT2D eigenvalue weighted by molar-refractivity contribution is 5.98. The summed E-state index contributed by atoms with van der Waals surface area (Å²) in [6.45, 7) is 0. The molecule has 1 saturated carbocycles. The van der Waals surface area contributed by atoms with Gasteiger partial charge in [0.05, 0.1) is 17.4 Å². The van der Waals surface area contributed by atoms with E-state index >= 15 is 0 Å². The number of benzene rings is 2. The van der Waals surface area contributed by atoms with Crippen molar-refractivity contribution in [1.82, 2.24) is 30.1 Å². The Morgan fingerprint density at radius 3 is 2.71 bits per heavy atom. The summed E-state index contributed by atoms with van der Waals surface area (Å²) in [6, 6.07) is 13.5. The van der Waals surface area contributed by atoms with E-state index in [0.29, 0.717) is 39.5 Å². The Kier molecular flexibility index (Phi) is 6.15. The molecule has 2 aromatic carbocycles. The smallest absolute Gasteiger partial charge is 0.227 e. The van der Waals surface area contributed by atoms with Gasteiger partial charge in [0, 0.05) is 40.9 Å².